The number of nitrogens with zero attached hydrogens (tertiary/aromatic N) is 1. The molecular weight excluding hydrogens is 306 g/mol. The number of ether oxygens (including phenoxy) is 2. The highest BCUT2D eigenvalue weighted by Gasteiger charge is 2.24. The van der Waals surface area contributed by atoms with Crippen LogP contribution in [0, 0.1) is 6.92 Å². The fourth-order valence-corrected chi connectivity index (χ4v) is 2.22. The van der Waals surface area contributed by atoms with Crippen LogP contribution in [0.3, 0.4) is 0 Å². The van der Waals surface area contributed by atoms with Gasteiger partial charge < -0.3 is 9.47 Å². The smallest absolute Gasteiger partial charge is 0.363 e. The van der Waals surface area contributed by atoms with E-state index in [1.807, 2.05) is 31.2 Å². The molecule has 0 saturated heterocycles. The standard InChI is InChI=1S/C19H15NO4/c1-12-3-7-14(8-4-12)17-20-16(19(22)24-17)11-13-5-9-15(10-6-13)18(21)23-2/h3-11H,1-2H3. The van der Waals surface area contributed by atoms with Crippen molar-refractivity contribution in [1.29, 1.82) is 0 Å². The summed E-state index contributed by atoms with van der Waals surface area (Å²) in [6, 6.07) is 14.3. The van der Waals surface area contributed by atoms with Crippen LogP contribution in [0.15, 0.2) is 59.2 Å². The number of carbonyl (C=O) groups excluding carboxylic acids is 2. The molecule has 120 valence electrons. The van der Waals surface area contributed by atoms with Crippen molar-refractivity contribution in [2.45, 2.75) is 6.92 Å². The number of rotatable bonds is 3. The minimum Gasteiger partial charge on any atom is -0.465 e. The molecule has 0 spiro atoms. The van der Waals surface area contributed by atoms with Gasteiger partial charge in [0.2, 0.25) is 5.90 Å². The summed E-state index contributed by atoms with van der Waals surface area (Å²) in [4.78, 5) is 27.6. The molecule has 0 fully saturated rings. The van der Waals surface area contributed by atoms with Crippen molar-refractivity contribution < 1.29 is 19.1 Å². The van der Waals surface area contributed by atoms with Gasteiger partial charge in [-0.05, 0) is 42.8 Å². The van der Waals surface area contributed by atoms with Crippen molar-refractivity contribution in [3.63, 3.8) is 0 Å². The fraction of sp³-hybridized carbons (Fsp3) is 0.105. The molecule has 3 rings (SSSR count). The predicted octanol–water partition coefficient (Wildman–Crippen LogP) is 3.13. The van der Waals surface area contributed by atoms with E-state index in [9.17, 15) is 9.59 Å². The summed E-state index contributed by atoms with van der Waals surface area (Å²) in [7, 11) is 1.33. The topological polar surface area (TPSA) is 65.0 Å². The van der Waals surface area contributed by atoms with Gasteiger partial charge in [0.1, 0.15) is 0 Å². The van der Waals surface area contributed by atoms with E-state index in [4.69, 9.17) is 4.74 Å². The highest BCUT2D eigenvalue weighted by Crippen LogP contribution is 2.19. The quantitative estimate of drug-likeness (QED) is 0.643. The van der Waals surface area contributed by atoms with E-state index in [-0.39, 0.29) is 11.6 Å². The van der Waals surface area contributed by atoms with Crippen LogP contribution in [0.1, 0.15) is 27.0 Å². The first-order valence-corrected chi connectivity index (χ1v) is 7.35. The zero-order valence-electron chi connectivity index (χ0n) is 13.3. The lowest BCUT2D eigenvalue weighted by Crippen LogP contribution is -2.05. The van der Waals surface area contributed by atoms with Crippen molar-refractivity contribution in [3.05, 3.63) is 76.5 Å². The number of hydrogen-bond donors (Lipinski definition) is 0. The molecule has 1 aliphatic rings. The third-order valence-electron chi connectivity index (χ3n) is 3.55. The number of benzene rings is 2. The van der Waals surface area contributed by atoms with Crippen molar-refractivity contribution >= 4 is 23.9 Å². The molecule has 5 nitrogen and oxygen atoms in total. The van der Waals surface area contributed by atoms with Gasteiger partial charge in [-0.15, -0.1) is 0 Å². The molecule has 24 heavy (non-hydrogen) atoms. The van der Waals surface area contributed by atoms with Crippen LogP contribution in [0.4, 0.5) is 0 Å². The van der Waals surface area contributed by atoms with E-state index in [2.05, 4.69) is 9.73 Å². The average molecular weight is 321 g/mol. The molecule has 0 aromatic heterocycles. The Hall–Kier alpha value is -3.21. The van der Waals surface area contributed by atoms with Crippen LogP contribution in [0.25, 0.3) is 6.08 Å². The first kappa shape index (κ1) is 15.7. The average Bonchev–Trinajstić information content (AvgIpc) is 2.96. The van der Waals surface area contributed by atoms with Crippen LogP contribution in [0.5, 0.6) is 0 Å². The summed E-state index contributed by atoms with van der Waals surface area (Å²) in [5.74, 6) is -0.616. The number of hydrogen-bond acceptors (Lipinski definition) is 5. The van der Waals surface area contributed by atoms with Crippen LogP contribution >= 0.6 is 0 Å². The van der Waals surface area contributed by atoms with E-state index in [1.54, 1.807) is 30.3 Å². The number of aryl methyl sites for hydroxylation is 1. The lowest BCUT2D eigenvalue weighted by Gasteiger charge is -1.99. The second-order valence-corrected chi connectivity index (χ2v) is 5.32. The molecular formula is C19H15NO4. The molecule has 2 aromatic rings. The Kier molecular flexibility index (Phi) is 4.24. The molecule has 5 heteroatoms. The third-order valence-corrected chi connectivity index (χ3v) is 3.55. The Balaban J connectivity index is 1.85. The van der Waals surface area contributed by atoms with Crippen molar-refractivity contribution in [1.82, 2.24) is 0 Å². The highest BCUT2D eigenvalue weighted by atomic mass is 16.6. The van der Waals surface area contributed by atoms with Gasteiger partial charge >= 0.3 is 11.9 Å². The molecule has 0 aliphatic carbocycles. The van der Waals surface area contributed by atoms with Crippen LogP contribution < -0.4 is 0 Å². The van der Waals surface area contributed by atoms with Crippen molar-refractivity contribution in [2.75, 3.05) is 7.11 Å². The normalized spacial score (nSPS) is 15.2. The molecule has 1 aliphatic heterocycles. The van der Waals surface area contributed by atoms with Gasteiger partial charge in [0.25, 0.3) is 0 Å². The van der Waals surface area contributed by atoms with Crippen LogP contribution in [-0.4, -0.2) is 24.9 Å². The van der Waals surface area contributed by atoms with E-state index >= 15 is 0 Å². The molecule has 0 bridgehead atoms. The predicted molar refractivity (Wildman–Crippen MR) is 89.6 cm³/mol. The summed E-state index contributed by atoms with van der Waals surface area (Å²) >= 11 is 0. The molecule has 0 saturated carbocycles. The number of aliphatic imine (C=N–C) groups is 1. The largest absolute Gasteiger partial charge is 0.465 e. The SMILES string of the molecule is COC(=O)c1ccc(C=C2N=C(c3ccc(C)cc3)OC2=O)cc1. The monoisotopic (exact) mass is 321 g/mol. The molecule has 0 atom stereocenters. The molecule has 1 heterocycles. The Morgan fingerprint density at radius 3 is 2.38 bits per heavy atom. The van der Waals surface area contributed by atoms with Gasteiger partial charge in [-0.25, -0.2) is 14.6 Å². The molecule has 0 N–H and O–H groups in total. The molecule has 0 radical (unpaired) electrons. The summed E-state index contributed by atoms with van der Waals surface area (Å²) in [5, 5.41) is 0. The van der Waals surface area contributed by atoms with Gasteiger partial charge in [-0.3, -0.25) is 0 Å². The number of esters is 2. The third kappa shape index (κ3) is 3.25. The maximum atomic E-state index is 12.0. The zero-order chi connectivity index (χ0) is 17.1. The minimum atomic E-state index is -0.498. The van der Waals surface area contributed by atoms with Gasteiger partial charge in [-0.2, -0.15) is 0 Å². The molecule has 0 amide bonds. The first-order valence-electron chi connectivity index (χ1n) is 7.35. The number of carbonyl (C=O) groups is 2. The lowest BCUT2D eigenvalue weighted by molar-refractivity contribution is -0.129. The zero-order valence-corrected chi connectivity index (χ0v) is 13.3. The second-order valence-electron chi connectivity index (χ2n) is 5.32. The maximum Gasteiger partial charge on any atom is 0.363 e. The van der Waals surface area contributed by atoms with Crippen molar-refractivity contribution in [3.8, 4) is 0 Å². The van der Waals surface area contributed by atoms with Crippen LogP contribution in [0.2, 0.25) is 0 Å². The minimum absolute atomic E-state index is 0.219. The Labute approximate surface area is 139 Å². The van der Waals surface area contributed by atoms with E-state index < -0.39 is 11.9 Å². The summed E-state index contributed by atoms with van der Waals surface area (Å²) in [5.41, 5.74) is 3.26. The van der Waals surface area contributed by atoms with E-state index in [0.29, 0.717) is 5.56 Å². The Bertz CT molecular complexity index is 846. The molecule has 2 aromatic carbocycles. The number of methoxy groups -OCH3 is 1. The van der Waals surface area contributed by atoms with Crippen molar-refractivity contribution in [2.24, 2.45) is 4.99 Å². The van der Waals surface area contributed by atoms with E-state index in [0.717, 1.165) is 16.7 Å². The summed E-state index contributed by atoms with van der Waals surface area (Å²) < 4.78 is 9.87. The summed E-state index contributed by atoms with van der Waals surface area (Å²) in [6.45, 7) is 1.98. The first-order chi connectivity index (χ1) is 11.6. The highest BCUT2D eigenvalue weighted by molar-refractivity contribution is 6.12. The lowest BCUT2D eigenvalue weighted by atomic mass is 10.1. The molecule has 0 unspecified atom stereocenters. The second kappa shape index (κ2) is 6.50. The fourth-order valence-electron chi connectivity index (χ4n) is 2.22. The van der Waals surface area contributed by atoms with Gasteiger partial charge in [0.05, 0.1) is 12.7 Å². The Morgan fingerprint density at radius 2 is 1.75 bits per heavy atom. The van der Waals surface area contributed by atoms with Gasteiger partial charge in [0, 0.05) is 5.56 Å². The number of cyclic esters (lactones) is 1. The maximum absolute atomic E-state index is 12.0. The van der Waals surface area contributed by atoms with Gasteiger partial charge in [0.15, 0.2) is 5.70 Å². The summed E-state index contributed by atoms with van der Waals surface area (Å²) in [6.07, 6.45) is 1.62. The van der Waals surface area contributed by atoms with E-state index in [1.165, 1.54) is 7.11 Å². The van der Waals surface area contributed by atoms with Gasteiger partial charge in [-0.1, -0.05) is 29.8 Å². The Morgan fingerprint density at radius 1 is 1.08 bits per heavy atom. The van der Waals surface area contributed by atoms with Crippen LogP contribution in [-0.2, 0) is 14.3 Å².